The molecule has 25 nitrogen and oxygen atoms in total. The smallest absolute Gasteiger partial charge is 0.364 e. The van der Waals surface area contributed by atoms with Crippen molar-refractivity contribution < 1.29 is 114 Å². The number of nitrogens with one attached hydrogen (secondary N) is 2. The van der Waals surface area contributed by atoms with Gasteiger partial charge in [0.15, 0.2) is 12.6 Å². The van der Waals surface area contributed by atoms with Gasteiger partial charge in [-0.25, -0.2) is 4.79 Å². The fourth-order valence-electron chi connectivity index (χ4n) is 7.29. The molecule has 4 saturated heterocycles. The minimum absolute atomic E-state index is 0.646. The molecule has 3 unspecified atom stereocenters. The molecule has 0 aliphatic carbocycles. The molecule has 4 heterocycles. The van der Waals surface area contributed by atoms with Gasteiger partial charge in [0.2, 0.25) is 11.8 Å². The lowest BCUT2D eigenvalue weighted by molar-refractivity contribution is -0.385. The quantitative estimate of drug-likeness (QED) is 0.0728. The lowest BCUT2D eigenvalue weighted by Gasteiger charge is -2.51. The Morgan fingerprint density at radius 3 is 1.79 bits per heavy atom. The second kappa shape index (κ2) is 19.8. The van der Waals surface area contributed by atoms with Gasteiger partial charge >= 0.3 is 5.97 Å². The number of carbonyl (C=O) groups is 3. The first-order chi connectivity index (χ1) is 26.7. The summed E-state index contributed by atoms with van der Waals surface area (Å²) in [4.78, 5) is 37.0. The summed E-state index contributed by atoms with van der Waals surface area (Å²) in [6, 6.07) is -3.18. The maximum absolute atomic E-state index is 12.8. The second-order valence-corrected chi connectivity index (χ2v) is 14.4. The summed E-state index contributed by atoms with van der Waals surface area (Å²) in [5.74, 6) is -6.63. The lowest BCUT2D eigenvalue weighted by Crippen LogP contribution is -2.71. The van der Waals surface area contributed by atoms with Crippen LogP contribution in [-0.4, -0.2) is 239 Å². The molecule has 4 rings (SSSR count). The standard InChI is InChI=1S/C32H54N2O23/c1-9-25(23(47)20(44)14(6-36)51-9)54-29-18(34-11(3)40)22(46)26(16(8-38)53-29)55-30-24(48)28(21(45)15(7-37)52-30)57-32(31(49)50)4-12(41)17(33-10(2)39)27(56-32)19(43)13(42)5-35/h9,12-30,35-38,41-48H,4-8H2,1-3H3,(H,33,39)(H,34,40)(H,49,50)/t9-,12+,13?,14-,15-,16-,17+,18-,19?,20-,21+,22+,23-,24-,25-,26?,27-,28+,29+,30+,32+/m1/s1. The predicted octanol–water partition coefficient (Wildman–Crippen LogP) is -9.19. The normalized spacial score (nSPS) is 45.1. The van der Waals surface area contributed by atoms with Crippen molar-refractivity contribution in [3.05, 3.63) is 0 Å². The Bertz CT molecular complexity index is 1350. The van der Waals surface area contributed by atoms with Crippen LogP contribution in [-0.2, 0) is 47.5 Å². The second-order valence-electron chi connectivity index (χ2n) is 14.4. The summed E-state index contributed by atoms with van der Waals surface area (Å²) in [5, 5.41) is 142. The van der Waals surface area contributed by atoms with Crippen molar-refractivity contribution in [2.45, 2.75) is 155 Å². The Balaban J connectivity index is 1.62. The monoisotopic (exact) mass is 834 g/mol. The summed E-state index contributed by atoms with van der Waals surface area (Å²) in [7, 11) is 0. The van der Waals surface area contributed by atoms with Gasteiger partial charge in [-0.05, 0) is 6.92 Å². The van der Waals surface area contributed by atoms with E-state index in [1.165, 1.54) is 6.92 Å². The number of aliphatic hydroxyl groups is 12. The maximum Gasteiger partial charge on any atom is 0.364 e. The topological polar surface area (TPSA) is 403 Å². The van der Waals surface area contributed by atoms with E-state index in [1.54, 1.807) is 0 Å². The van der Waals surface area contributed by atoms with Gasteiger partial charge < -0.3 is 110 Å². The number of hydrogen-bond donors (Lipinski definition) is 15. The molecular weight excluding hydrogens is 780 g/mol. The van der Waals surface area contributed by atoms with Crippen LogP contribution >= 0.6 is 0 Å². The predicted molar refractivity (Wildman–Crippen MR) is 178 cm³/mol. The van der Waals surface area contributed by atoms with Crippen LogP contribution in [0.25, 0.3) is 0 Å². The fourth-order valence-corrected chi connectivity index (χ4v) is 7.29. The zero-order chi connectivity index (χ0) is 42.7. The highest BCUT2D eigenvalue weighted by molar-refractivity contribution is 5.76. The van der Waals surface area contributed by atoms with Crippen LogP contribution in [0.2, 0.25) is 0 Å². The molecule has 0 aromatic heterocycles. The first kappa shape index (κ1) is 47.3. The van der Waals surface area contributed by atoms with E-state index >= 15 is 0 Å². The first-order valence-corrected chi connectivity index (χ1v) is 18.0. The molecule has 0 aromatic carbocycles. The van der Waals surface area contributed by atoms with Crippen LogP contribution in [0.15, 0.2) is 0 Å². The van der Waals surface area contributed by atoms with Crippen molar-refractivity contribution in [1.29, 1.82) is 0 Å². The van der Waals surface area contributed by atoms with Crippen LogP contribution in [0.1, 0.15) is 27.2 Å². The number of carboxylic acid groups (broad SMARTS) is 1. The summed E-state index contributed by atoms with van der Waals surface area (Å²) in [6.07, 6.45) is -33.4. The van der Waals surface area contributed by atoms with Crippen molar-refractivity contribution in [3.63, 3.8) is 0 Å². The summed E-state index contributed by atoms with van der Waals surface area (Å²) < 4.78 is 39.8. The number of rotatable bonds is 15. The van der Waals surface area contributed by atoms with Crippen molar-refractivity contribution in [2.24, 2.45) is 0 Å². The Morgan fingerprint density at radius 2 is 1.25 bits per heavy atom. The number of aliphatic carboxylic acids is 1. The molecule has 4 aliphatic rings. The van der Waals surface area contributed by atoms with E-state index in [1.807, 2.05) is 0 Å². The van der Waals surface area contributed by atoms with Gasteiger partial charge in [0.05, 0.1) is 44.7 Å². The molecule has 0 spiro atoms. The van der Waals surface area contributed by atoms with E-state index in [9.17, 15) is 80.8 Å². The fraction of sp³-hybridized carbons (Fsp3) is 0.906. The molecule has 0 radical (unpaired) electrons. The highest BCUT2D eigenvalue weighted by Gasteiger charge is 2.60. The van der Waals surface area contributed by atoms with E-state index in [2.05, 4.69) is 10.6 Å². The van der Waals surface area contributed by atoms with E-state index < -0.39 is 179 Å². The maximum atomic E-state index is 12.8. The average molecular weight is 835 g/mol. The van der Waals surface area contributed by atoms with Gasteiger partial charge in [-0.2, -0.15) is 0 Å². The molecule has 4 fully saturated rings. The molecule has 0 bridgehead atoms. The number of hydrogen-bond acceptors (Lipinski definition) is 22. The van der Waals surface area contributed by atoms with Gasteiger partial charge in [-0.1, -0.05) is 0 Å². The summed E-state index contributed by atoms with van der Waals surface area (Å²) >= 11 is 0. The van der Waals surface area contributed by atoms with E-state index in [-0.39, 0.29) is 0 Å². The number of ether oxygens (including phenoxy) is 7. The largest absolute Gasteiger partial charge is 0.477 e. The summed E-state index contributed by atoms with van der Waals surface area (Å²) in [6.45, 7) is -0.188. The molecule has 0 aromatic rings. The molecule has 15 N–H and O–H groups in total. The van der Waals surface area contributed by atoms with Crippen LogP contribution in [0, 0.1) is 0 Å². The van der Waals surface area contributed by atoms with E-state index in [0.717, 1.165) is 13.8 Å². The number of carboxylic acids is 1. The van der Waals surface area contributed by atoms with Gasteiger partial charge in [0, 0.05) is 20.3 Å². The number of carbonyl (C=O) groups excluding carboxylic acids is 2. The molecule has 25 heteroatoms. The van der Waals surface area contributed by atoms with E-state index in [0.29, 0.717) is 0 Å². The van der Waals surface area contributed by atoms with Crippen LogP contribution in [0.5, 0.6) is 0 Å². The van der Waals surface area contributed by atoms with Gasteiger partial charge in [0.1, 0.15) is 91.5 Å². The minimum Gasteiger partial charge on any atom is -0.477 e. The first-order valence-electron chi connectivity index (χ1n) is 18.0. The number of amides is 2. The van der Waals surface area contributed by atoms with E-state index in [4.69, 9.17) is 33.2 Å². The van der Waals surface area contributed by atoms with Crippen LogP contribution in [0.3, 0.4) is 0 Å². The SMILES string of the molecule is CC(=O)N[C@H]1[C@H](O[C@H]2[C@H](O)[C@H](O)[C@@H](CO)O[C@@H]2C)O[C@H](CO)C(O[C@@H]2O[C@H](CO)[C@H](O)[C@H](O[C@]3(C(=O)O)C[C@H](O)[C@H](NC(C)=O)[C@H](C(O)C(O)CO)O3)[C@H]2O)[C@H]1O. The Labute approximate surface area is 324 Å². The van der Waals surface area contributed by atoms with Gasteiger partial charge in [0.25, 0.3) is 5.79 Å². The zero-order valence-corrected chi connectivity index (χ0v) is 31.0. The van der Waals surface area contributed by atoms with Crippen molar-refractivity contribution in [1.82, 2.24) is 10.6 Å². The molecule has 330 valence electrons. The molecular formula is C32H54N2O23. The zero-order valence-electron chi connectivity index (χ0n) is 31.0. The molecule has 4 aliphatic heterocycles. The minimum atomic E-state index is -3.10. The molecule has 57 heavy (non-hydrogen) atoms. The third kappa shape index (κ3) is 10.2. The third-order valence-electron chi connectivity index (χ3n) is 10.2. The highest BCUT2D eigenvalue weighted by atomic mass is 16.8. The lowest BCUT2D eigenvalue weighted by atomic mass is 9.88. The van der Waals surface area contributed by atoms with Crippen LogP contribution < -0.4 is 10.6 Å². The molecule has 2 amide bonds. The Morgan fingerprint density at radius 1 is 0.702 bits per heavy atom. The van der Waals surface area contributed by atoms with Crippen molar-refractivity contribution in [3.8, 4) is 0 Å². The van der Waals surface area contributed by atoms with Crippen LogP contribution in [0.4, 0.5) is 0 Å². The average Bonchev–Trinajstić information content (AvgIpc) is 3.16. The van der Waals surface area contributed by atoms with Gasteiger partial charge in [-0.15, -0.1) is 0 Å². The highest BCUT2D eigenvalue weighted by Crippen LogP contribution is 2.39. The molecule has 21 atom stereocenters. The Kier molecular flexibility index (Phi) is 16.4. The van der Waals surface area contributed by atoms with Crippen molar-refractivity contribution >= 4 is 17.8 Å². The van der Waals surface area contributed by atoms with Gasteiger partial charge in [-0.3, -0.25) is 9.59 Å². The summed E-state index contributed by atoms with van der Waals surface area (Å²) in [5.41, 5.74) is 0. The third-order valence-corrected chi connectivity index (χ3v) is 10.2. The molecule has 0 saturated carbocycles. The number of aliphatic hydroxyl groups excluding tert-OH is 12. The van der Waals surface area contributed by atoms with Crippen molar-refractivity contribution in [2.75, 3.05) is 26.4 Å². The Hall–Kier alpha value is -2.35.